The molecule has 307 valence electrons. The van der Waals surface area contributed by atoms with Crippen LogP contribution in [0.15, 0.2) is 108 Å². The summed E-state index contributed by atoms with van der Waals surface area (Å²) in [5.74, 6) is 7.95. The molecule has 8 nitrogen and oxygen atoms in total. The van der Waals surface area contributed by atoms with Gasteiger partial charge >= 0.3 is 129 Å². The average Bonchev–Trinajstić information content (AvgIpc) is 3.78. The summed E-state index contributed by atoms with van der Waals surface area (Å²) in [7, 11) is 0. The number of aryl methyl sites for hydroxylation is 3. The quantitative estimate of drug-likeness (QED) is 0.0889. The molecule has 61 heavy (non-hydrogen) atoms. The maximum atomic E-state index is 12.9. The van der Waals surface area contributed by atoms with E-state index in [0.29, 0.717) is 22.8 Å². The van der Waals surface area contributed by atoms with E-state index in [1.807, 2.05) is 43.6 Å². The predicted molar refractivity (Wildman–Crippen MR) is 240 cm³/mol. The molecule has 0 aliphatic carbocycles. The summed E-state index contributed by atoms with van der Waals surface area (Å²) in [5.41, 5.74) is 13.7. The van der Waals surface area contributed by atoms with Crippen molar-refractivity contribution in [2.45, 2.75) is 58.3 Å². The fourth-order valence-electron chi connectivity index (χ4n) is 7.80. The van der Waals surface area contributed by atoms with E-state index < -0.39 is 19.2 Å². The van der Waals surface area contributed by atoms with Gasteiger partial charge in [-0.25, -0.2) is 0 Å². The number of aromatic nitrogens is 6. The number of halogens is 1. The minimum absolute atomic E-state index is 0. The summed E-state index contributed by atoms with van der Waals surface area (Å²) in [6.45, 7) is 10.7. The van der Waals surface area contributed by atoms with Crippen LogP contribution in [0.4, 0.5) is 4.39 Å². The van der Waals surface area contributed by atoms with Crippen molar-refractivity contribution < 1.29 is 28.9 Å². The van der Waals surface area contributed by atoms with Gasteiger partial charge in [0.15, 0.2) is 0 Å². The fraction of sp³-hybridized carbons (Fsp3) is 0.200. The summed E-state index contributed by atoms with van der Waals surface area (Å²) in [6, 6.07) is 32.7. The Labute approximate surface area is 371 Å². The SMILES string of the molecule is CC(C)Cc1cc(-c2[c-]cc(F)nc2)nc[c]1[Ge]([CH3])([CH3])[CH3].Cc1cc2nc(-c3[c-]nc4oc5ccc(C#N)cc5c4c3)n(-c3c(C)cc(-c4ccccc4)cc3C)c2cn1.[Ir]. The van der Waals surface area contributed by atoms with Crippen LogP contribution in [0, 0.1) is 56.2 Å². The molecule has 0 atom stereocenters. The van der Waals surface area contributed by atoms with Crippen LogP contribution in [0.3, 0.4) is 0 Å². The molecule has 0 bridgehead atoms. The zero-order chi connectivity index (χ0) is 42.3. The van der Waals surface area contributed by atoms with Crippen molar-refractivity contribution in [2.75, 3.05) is 0 Å². The van der Waals surface area contributed by atoms with Crippen molar-refractivity contribution in [1.29, 1.82) is 5.26 Å². The van der Waals surface area contributed by atoms with Crippen LogP contribution in [-0.2, 0) is 26.5 Å². The number of furan rings is 1. The minimum atomic E-state index is -1.94. The topological polar surface area (TPSA) is 106 Å². The molecule has 1 radical (unpaired) electrons. The van der Waals surface area contributed by atoms with Gasteiger partial charge in [0.05, 0.1) is 34.7 Å². The third kappa shape index (κ3) is 8.96. The molecule has 11 heteroatoms. The monoisotopic (exact) mass is 1040 g/mol. The first-order valence-electron chi connectivity index (χ1n) is 20.0. The van der Waals surface area contributed by atoms with Gasteiger partial charge in [0, 0.05) is 36.9 Å². The van der Waals surface area contributed by atoms with Crippen LogP contribution in [-0.4, -0.2) is 42.8 Å². The molecule has 0 unspecified atom stereocenters. The van der Waals surface area contributed by atoms with Gasteiger partial charge in [-0.2, -0.15) is 5.26 Å². The van der Waals surface area contributed by atoms with E-state index in [9.17, 15) is 9.65 Å². The zero-order valence-electron chi connectivity index (χ0n) is 35.3. The van der Waals surface area contributed by atoms with Crippen LogP contribution in [0.25, 0.3) is 72.6 Å². The second-order valence-electron chi connectivity index (χ2n) is 16.7. The number of imidazole rings is 1. The van der Waals surface area contributed by atoms with Gasteiger partial charge in [-0.05, 0) is 91.0 Å². The first-order chi connectivity index (χ1) is 28.8. The Kier molecular flexibility index (Phi) is 12.5. The van der Waals surface area contributed by atoms with E-state index >= 15 is 0 Å². The number of hydrogen-bond donors (Lipinski definition) is 0. The van der Waals surface area contributed by atoms with E-state index in [0.717, 1.165) is 73.4 Å². The van der Waals surface area contributed by atoms with E-state index in [-0.39, 0.29) is 20.1 Å². The number of fused-ring (bicyclic) bond motifs is 4. The first-order valence-corrected chi connectivity index (χ1v) is 27.3. The largest absolute Gasteiger partial charge is 0.483 e. The molecule has 0 spiro atoms. The fourth-order valence-corrected chi connectivity index (χ4v) is 11.1. The number of pyridine rings is 4. The number of hydrogen-bond acceptors (Lipinski definition) is 7. The summed E-state index contributed by atoms with van der Waals surface area (Å²) in [6.07, 6.45) is 9.60. The zero-order valence-corrected chi connectivity index (χ0v) is 39.8. The van der Waals surface area contributed by atoms with Crippen molar-refractivity contribution >= 4 is 50.8 Å². The molecular weight excluding hydrogens is 998 g/mol. The minimum Gasteiger partial charge on any atom is -0.483 e. The molecule has 0 amide bonds. The Morgan fingerprint density at radius 2 is 1.59 bits per heavy atom. The molecule has 0 saturated heterocycles. The van der Waals surface area contributed by atoms with Gasteiger partial charge < -0.3 is 14.0 Å². The van der Waals surface area contributed by atoms with Crippen LogP contribution in [0.1, 0.15) is 41.8 Å². The summed E-state index contributed by atoms with van der Waals surface area (Å²) in [4.78, 5) is 22.4. The molecule has 9 aromatic rings. The standard InChI is InChI=1S/C33H22N5O.C17H22FGeN2.Ir/c1-19-11-24(23-7-5-4-6-8-23)12-20(2)31(19)38-29-18-35-21(3)13-28(29)37-32(38)25-15-27-26-14-22(16-34)9-10-30(26)39-33(27)36-17-25;1-12(2)8-14-9-16(13-6-7-17(18)21-10-13)20-11-15(14)19(3,4)5;/h4-15,18H,1-3H3;7,9-12H,8H2,1-5H3;/q2*-1;. The summed E-state index contributed by atoms with van der Waals surface area (Å²) in [5, 5.41) is 11.1. The van der Waals surface area contributed by atoms with Crippen LogP contribution < -0.4 is 4.40 Å². The van der Waals surface area contributed by atoms with Gasteiger partial charge in [-0.15, -0.1) is 6.07 Å². The van der Waals surface area contributed by atoms with E-state index in [1.165, 1.54) is 33.3 Å². The molecule has 0 N–H and O–H groups in total. The Bertz CT molecular complexity index is 3070. The Morgan fingerprint density at radius 1 is 0.836 bits per heavy atom. The number of nitrogens with zero attached hydrogens (tertiary/aromatic N) is 7. The van der Waals surface area contributed by atoms with E-state index in [2.05, 4.69) is 130 Å². The number of rotatable bonds is 7. The molecule has 9 rings (SSSR count). The molecule has 0 aliphatic rings. The Morgan fingerprint density at radius 3 is 2.26 bits per heavy atom. The molecule has 0 aliphatic heterocycles. The van der Waals surface area contributed by atoms with Gasteiger partial charge in [0.2, 0.25) is 0 Å². The predicted octanol–water partition coefficient (Wildman–Crippen LogP) is 11.5. The maximum absolute atomic E-state index is 12.9. The third-order valence-corrected chi connectivity index (χ3v) is 14.8. The summed E-state index contributed by atoms with van der Waals surface area (Å²) < 4.78 is 22.5. The van der Waals surface area contributed by atoms with E-state index in [1.54, 1.807) is 12.1 Å². The van der Waals surface area contributed by atoms with E-state index in [4.69, 9.17) is 9.40 Å². The van der Waals surface area contributed by atoms with Crippen molar-refractivity contribution in [1.82, 2.24) is 29.5 Å². The van der Waals surface area contributed by atoms with Crippen molar-refractivity contribution in [3.05, 3.63) is 150 Å². The van der Waals surface area contributed by atoms with Crippen molar-refractivity contribution in [3.8, 4) is 45.5 Å². The number of benzene rings is 3. The average molecular weight is 1040 g/mol. The van der Waals surface area contributed by atoms with Crippen LogP contribution >= 0.6 is 0 Å². The van der Waals surface area contributed by atoms with Crippen molar-refractivity contribution in [2.24, 2.45) is 5.92 Å². The van der Waals surface area contributed by atoms with Gasteiger partial charge in [0.25, 0.3) is 0 Å². The molecular formula is C50H44FGeIrN7O-2. The normalized spacial score (nSPS) is 11.4. The van der Waals surface area contributed by atoms with Crippen molar-refractivity contribution in [3.63, 3.8) is 0 Å². The van der Waals surface area contributed by atoms with Gasteiger partial charge in [0.1, 0.15) is 11.3 Å². The van der Waals surface area contributed by atoms with Crippen LogP contribution in [0.2, 0.25) is 17.3 Å². The second kappa shape index (κ2) is 17.6. The Hall–Kier alpha value is -5.86. The third-order valence-electron chi connectivity index (χ3n) is 10.5. The molecule has 6 aromatic heterocycles. The Balaban J connectivity index is 0.000000217. The smallest absolute Gasteiger partial charge is 0.141 e. The first kappa shape index (κ1) is 43.2. The maximum Gasteiger partial charge on any atom is 0.141 e. The van der Waals surface area contributed by atoms with Gasteiger partial charge in [-0.3, -0.25) is 9.97 Å². The summed E-state index contributed by atoms with van der Waals surface area (Å²) >= 11 is -1.94. The molecule has 3 aromatic carbocycles. The molecule has 0 fully saturated rings. The van der Waals surface area contributed by atoms with Gasteiger partial charge in [-0.1, -0.05) is 35.9 Å². The number of nitriles is 1. The molecule has 0 saturated carbocycles. The molecule has 6 heterocycles. The second-order valence-corrected chi connectivity index (χ2v) is 27.3. The van der Waals surface area contributed by atoms with Crippen LogP contribution in [0.5, 0.6) is 0 Å².